The predicted octanol–water partition coefficient (Wildman–Crippen LogP) is 2.45. The lowest BCUT2D eigenvalue weighted by molar-refractivity contribution is 0.103. The van der Waals surface area contributed by atoms with Crippen molar-refractivity contribution in [2.45, 2.75) is 0 Å². The molecular weight excluding hydrogens is 292 g/mol. The van der Waals surface area contributed by atoms with Crippen LogP contribution in [0.5, 0.6) is 0 Å². The molecule has 0 atom stereocenters. The molecule has 0 radical (unpaired) electrons. The Balaban J connectivity index is 2.05. The molecule has 2 heterocycles. The van der Waals surface area contributed by atoms with Crippen molar-refractivity contribution in [1.29, 1.82) is 0 Å². The van der Waals surface area contributed by atoms with Crippen molar-refractivity contribution in [2.75, 3.05) is 11.9 Å². The van der Waals surface area contributed by atoms with Crippen LogP contribution in [0, 0.1) is 11.8 Å². The summed E-state index contributed by atoms with van der Waals surface area (Å²) < 4.78 is 0.564. The van der Waals surface area contributed by atoms with E-state index in [0.717, 1.165) is 0 Å². The number of aliphatic hydroxyl groups excluding tert-OH is 1. The first-order chi connectivity index (χ1) is 8.69. The molecule has 92 valence electrons. The Labute approximate surface area is 116 Å². The summed E-state index contributed by atoms with van der Waals surface area (Å²) in [6.45, 7) is -0.201. The smallest absolute Gasteiger partial charge is 0.267 e. The van der Waals surface area contributed by atoms with E-state index in [4.69, 9.17) is 16.7 Å². The van der Waals surface area contributed by atoms with Crippen LogP contribution in [0.25, 0.3) is 0 Å². The minimum absolute atomic E-state index is 0.201. The van der Waals surface area contributed by atoms with E-state index in [1.54, 1.807) is 18.3 Å². The maximum atomic E-state index is 11.8. The standard InChI is InChI=1S/C11H7ClN2O2S2/c12-9-4-3-8(18-9)10(16)14-11-13-6-7(17-11)2-1-5-15/h3-4,6,15H,5H2,(H,13,14,16). The molecule has 2 rings (SSSR count). The number of thiophene rings is 1. The van der Waals surface area contributed by atoms with E-state index in [1.165, 1.54) is 22.7 Å². The number of hydrogen-bond acceptors (Lipinski definition) is 5. The Morgan fingerprint density at radius 2 is 2.33 bits per heavy atom. The van der Waals surface area contributed by atoms with Crippen LogP contribution in [0.1, 0.15) is 14.5 Å². The number of hydrogen-bond donors (Lipinski definition) is 2. The lowest BCUT2D eigenvalue weighted by Gasteiger charge is -1.96. The monoisotopic (exact) mass is 298 g/mol. The Bertz CT molecular complexity index is 624. The molecule has 1 amide bonds. The summed E-state index contributed by atoms with van der Waals surface area (Å²) in [5.74, 6) is 4.98. The van der Waals surface area contributed by atoms with Gasteiger partial charge in [0.25, 0.3) is 5.91 Å². The first-order valence-electron chi connectivity index (χ1n) is 4.81. The Hall–Kier alpha value is -1.39. The molecule has 7 heteroatoms. The molecule has 2 aromatic rings. The highest BCUT2D eigenvalue weighted by molar-refractivity contribution is 7.18. The van der Waals surface area contributed by atoms with Gasteiger partial charge in [-0.2, -0.15) is 0 Å². The quantitative estimate of drug-likeness (QED) is 0.837. The van der Waals surface area contributed by atoms with Gasteiger partial charge in [-0.05, 0) is 12.1 Å². The zero-order valence-corrected chi connectivity index (χ0v) is 11.3. The number of anilines is 1. The van der Waals surface area contributed by atoms with Crippen molar-refractivity contribution in [2.24, 2.45) is 0 Å². The molecule has 2 aromatic heterocycles. The molecule has 0 unspecified atom stereocenters. The number of nitrogens with zero attached hydrogens (tertiary/aromatic N) is 1. The fraction of sp³-hybridized carbons (Fsp3) is 0.0909. The lowest BCUT2D eigenvalue weighted by atomic mass is 10.4. The van der Waals surface area contributed by atoms with E-state index in [9.17, 15) is 4.79 Å². The SMILES string of the molecule is O=C(Nc1ncc(C#CCO)s1)c1ccc(Cl)s1. The zero-order valence-electron chi connectivity index (χ0n) is 8.94. The largest absolute Gasteiger partial charge is 0.384 e. The summed E-state index contributed by atoms with van der Waals surface area (Å²) in [6.07, 6.45) is 1.55. The highest BCUT2D eigenvalue weighted by atomic mass is 35.5. The van der Waals surface area contributed by atoms with E-state index >= 15 is 0 Å². The van der Waals surface area contributed by atoms with Crippen molar-refractivity contribution >= 4 is 45.3 Å². The highest BCUT2D eigenvalue weighted by Crippen LogP contribution is 2.23. The van der Waals surface area contributed by atoms with Gasteiger partial charge in [-0.1, -0.05) is 34.8 Å². The molecule has 0 saturated carbocycles. The average molecular weight is 299 g/mol. The molecular formula is C11H7ClN2O2S2. The number of carbonyl (C=O) groups excluding carboxylic acids is 1. The third kappa shape index (κ3) is 3.31. The molecule has 0 saturated heterocycles. The van der Waals surface area contributed by atoms with Gasteiger partial charge in [-0.25, -0.2) is 4.98 Å². The fourth-order valence-corrected chi connectivity index (χ4v) is 2.74. The third-order valence-electron chi connectivity index (χ3n) is 1.81. The Kier molecular flexibility index (Phi) is 4.33. The summed E-state index contributed by atoms with van der Waals surface area (Å²) >= 11 is 8.20. The molecule has 0 aliphatic carbocycles. The van der Waals surface area contributed by atoms with Crippen LogP contribution < -0.4 is 5.32 Å². The summed E-state index contributed by atoms with van der Waals surface area (Å²) in [6, 6.07) is 3.32. The van der Waals surface area contributed by atoms with Gasteiger partial charge >= 0.3 is 0 Å². The van der Waals surface area contributed by atoms with Crippen LogP contribution in [-0.2, 0) is 0 Å². The van der Waals surface area contributed by atoms with Gasteiger partial charge in [0.1, 0.15) is 6.61 Å². The summed E-state index contributed by atoms with van der Waals surface area (Å²) in [5, 5.41) is 11.7. The molecule has 0 bridgehead atoms. The van der Waals surface area contributed by atoms with Crippen LogP contribution in [0.4, 0.5) is 5.13 Å². The van der Waals surface area contributed by atoms with Crippen molar-refractivity contribution < 1.29 is 9.90 Å². The maximum absolute atomic E-state index is 11.8. The second-order valence-electron chi connectivity index (χ2n) is 3.05. The minimum Gasteiger partial charge on any atom is -0.384 e. The van der Waals surface area contributed by atoms with E-state index in [1.807, 2.05) is 0 Å². The number of halogens is 1. The average Bonchev–Trinajstić information content (AvgIpc) is 2.96. The second-order valence-corrected chi connectivity index (χ2v) is 5.79. The molecule has 0 aliphatic rings. The number of aliphatic hydroxyl groups is 1. The molecule has 4 nitrogen and oxygen atoms in total. The topological polar surface area (TPSA) is 62.2 Å². The van der Waals surface area contributed by atoms with E-state index < -0.39 is 0 Å². The summed E-state index contributed by atoms with van der Waals surface area (Å²) in [4.78, 5) is 17.0. The predicted molar refractivity (Wildman–Crippen MR) is 73.4 cm³/mol. The number of aromatic nitrogens is 1. The van der Waals surface area contributed by atoms with Gasteiger partial charge in [0.15, 0.2) is 5.13 Å². The zero-order chi connectivity index (χ0) is 13.0. The molecule has 0 spiro atoms. The summed E-state index contributed by atoms with van der Waals surface area (Å²) in [7, 11) is 0. The highest BCUT2D eigenvalue weighted by Gasteiger charge is 2.10. The van der Waals surface area contributed by atoms with Gasteiger partial charge in [0.2, 0.25) is 0 Å². The van der Waals surface area contributed by atoms with Crippen LogP contribution in [0.3, 0.4) is 0 Å². The van der Waals surface area contributed by atoms with Gasteiger partial charge in [0.05, 0.1) is 20.3 Å². The van der Waals surface area contributed by atoms with Crippen molar-refractivity contribution in [1.82, 2.24) is 4.98 Å². The van der Waals surface area contributed by atoms with Crippen LogP contribution in [-0.4, -0.2) is 22.6 Å². The van der Waals surface area contributed by atoms with E-state index in [-0.39, 0.29) is 12.5 Å². The first-order valence-corrected chi connectivity index (χ1v) is 6.82. The maximum Gasteiger partial charge on any atom is 0.267 e. The Morgan fingerprint density at radius 1 is 1.50 bits per heavy atom. The minimum atomic E-state index is -0.247. The van der Waals surface area contributed by atoms with Crippen LogP contribution in [0.2, 0.25) is 4.34 Å². The van der Waals surface area contributed by atoms with Gasteiger partial charge in [0, 0.05) is 0 Å². The normalized spacial score (nSPS) is 9.67. The number of carbonyl (C=O) groups is 1. The number of nitrogens with one attached hydrogen (secondary N) is 1. The van der Waals surface area contributed by atoms with E-state index in [0.29, 0.717) is 19.2 Å². The van der Waals surface area contributed by atoms with Crippen molar-refractivity contribution in [3.63, 3.8) is 0 Å². The summed E-state index contributed by atoms with van der Waals surface area (Å²) in [5.41, 5.74) is 0. The second kappa shape index (κ2) is 5.98. The molecule has 0 fully saturated rings. The Morgan fingerprint density at radius 3 is 3.00 bits per heavy atom. The third-order valence-corrected chi connectivity index (χ3v) is 3.87. The van der Waals surface area contributed by atoms with Crippen molar-refractivity contribution in [3.8, 4) is 11.8 Å². The molecule has 0 aromatic carbocycles. The number of thiazole rings is 1. The van der Waals surface area contributed by atoms with Crippen LogP contribution in [0.15, 0.2) is 18.3 Å². The lowest BCUT2D eigenvalue weighted by Crippen LogP contribution is -2.09. The molecule has 18 heavy (non-hydrogen) atoms. The first kappa shape index (κ1) is 13.1. The number of rotatable bonds is 2. The molecule has 2 N–H and O–H groups in total. The van der Waals surface area contributed by atoms with Gasteiger partial charge < -0.3 is 5.11 Å². The van der Waals surface area contributed by atoms with Gasteiger partial charge in [-0.3, -0.25) is 10.1 Å². The van der Waals surface area contributed by atoms with Crippen LogP contribution >= 0.6 is 34.3 Å². The van der Waals surface area contributed by atoms with E-state index in [2.05, 4.69) is 22.1 Å². The van der Waals surface area contributed by atoms with Gasteiger partial charge in [-0.15, -0.1) is 11.3 Å². The van der Waals surface area contributed by atoms with Crippen molar-refractivity contribution in [3.05, 3.63) is 32.4 Å². The molecule has 0 aliphatic heterocycles. The fourth-order valence-electron chi connectivity index (χ4n) is 1.11. The number of amides is 1.